The van der Waals surface area contributed by atoms with Crippen LogP contribution in [0.1, 0.15) is 27.6 Å². The van der Waals surface area contributed by atoms with Crippen molar-refractivity contribution < 1.29 is 9.21 Å². The number of Topliss-reactive ketones (excluding diaryl/α,β-unsaturated/α-hetero) is 1. The van der Waals surface area contributed by atoms with E-state index in [9.17, 15) is 9.59 Å². The van der Waals surface area contributed by atoms with E-state index in [-0.39, 0.29) is 16.8 Å². The Morgan fingerprint density at radius 2 is 1.59 bits per heavy atom. The van der Waals surface area contributed by atoms with E-state index >= 15 is 0 Å². The molecule has 0 N–H and O–H groups in total. The number of hydrogen-bond acceptors (Lipinski definition) is 3. The zero-order valence-corrected chi connectivity index (χ0v) is 11.7. The number of carbonyl (C=O) groups is 1. The van der Waals surface area contributed by atoms with Crippen molar-refractivity contribution in [1.29, 1.82) is 0 Å². The molecule has 1 aliphatic carbocycles. The van der Waals surface area contributed by atoms with Crippen LogP contribution in [0.25, 0.3) is 17.0 Å². The normalized spacial score (nSPS) is 16.7. The molecule has 1 unspecified atom stereocenters. The van der Waals surface area contributed by atoms with Crippen molar-refractivity contribution in [3.8, 4) is 0 Å². The fraction of sp³-hybridized carbons (Fsp3) is 0.0526. The third-order valence-electron chi connectivity index (χ3n) is 3.95. The van der Waals surface area contributed by atoms with Crippen molar-refractivity contribution in [2.24, 2.45) is 0 Å². The van der Waals surface area contributed by atoms with Gasteiger partial charge in [-0.05, 0) is 23.8 Å². The summed E-state index contributed by atoms with van der Waals surface area (Å²) in [5, 5.41) is 0.441. The predicted molar refractivity (Wildman–Crippen MR) is 85.0 cm³/mol. The van der Waals surface area contributed by atoms with E-state index in [1.54, 1.807) is 36.4 Å². The second kappa shape index (κ2) is 4.81. The highest BCUT2D eigenvalue weighted by Gasteiger charge is 2.29. The molecular formula is C19H12O3. The number of ketones is 1. The number of rotatable bonds is 1. The summed E-state index contributed by atoms with van der Waals surface area (Å²) in [6.45, 7) is 0. The minimum absolute atomic E-state index is 0.148. The van der Waals surface area contributed by atoms with Gasteiger partial charge in [-0.15, -0.1) is 0 Å². The van der Waals surface area contributed by atoms with Crippen molar-refractivity contribution in [3.05, 3.63) is 87.8 Å². The maximum absolute atomic E-state index is 12.8. The van der Waals surface area contributed by atoms with Crippen molar-refractivity contribution in [2.45, 2.75) is 5.92 Å². The number of allylic oxidation sites excluding steroid dienone is 1. The van der Waals surface area contributed by atoms with Gasteiger partial charge in [0.25, 0.3) is 0 Å². The summed E-state index contributed by atoms with van der Waals surface area (Å²) in [4.78, 5) is 25.4. The average molecular weight is 288 g/mol. The molecule has 0 amide bonds. The molecule has 106 valence electrons. The third kappa shape index (κ3) is 1.83. The molecule has 1 atom stereocenters. The van der Waals surface area contributed by atoms with Crippen molar-refractivity contribution in [3.63, 3.8) is 0 Å². The molecule has 2 aromatic carbocycles. The summed E-state index contributed by atoms with van der Waals surface area (Å²) >= 11 is 0. The first kappa shape index (κ1) is 12.8. The lowest BCUT2D eigenvalue weighted by Crippen LogP contribution is -2.24. The first-order valence-electron chi connectivity index (χ1n) is 7.09. The molecule has 0 saturated heterocycles. The number of hydrogen-bond donors (Lipinski definition) is 0. The summed E-state index contributed by atoms with van der Waals surface area (Å²) in [5.41, 5.74) is 1.27. The van der Waals surface area contributed by atoms with Gasteiger partial charge < -0.3 is 4.42 Å². The van der Waals surface area contributed by atoms with Crippen molar-refractivity contribution >= 4 is 22.8 Å². The molecule has 0 radical (unpaired) electrons. The molecule has 0 spiro atoms. The number of benzene rings is 2. The fourth-order valence-electron chi connectivity index (χ4n) is 2.86. The molecule has 0 saturated carbocycles. The van der Waals surface area contributed by atoms with Crippen LogP contribution in [0.4, 0.5) is 0 Å². The third-order valence-corrected chi connectivity index (χ3v) is 3.95. The summed E-state index contributed by atoms with van der Waals surface area (Å²) in [6, 6.07) is 16.4. The highest BCUT2D eigenvalue weighted by atomic mass is 16.3. The summed E-state index contributed by atoms with van der Waals surface area (Å²) < 4.78 is 5.71. The Labute approximate surface area is 126 Å². The fourth-order valence-corrected chi connectivity index (χ4v) is 2.86. The van der Waals surface area contributed by atoms with Gasteiger partial charge in [-0.3, -0.25) is 9.59 Å². The van der Waals surface area contributed by atoms with Crippen LogP contribution in [0.5, 0.6) is 0 Å². The maximum atomic E-state index is 12.8. The van der Waals surface area contributed by atoms with Gasteiger partial charge in [0.15, 0.2) is 5.78 Å². The molecule has 3 aromatic rings. The lowest BCUT2D eigenvalue weighted by Gasteiger charge is -2.17. The molecular weight excluding hydrogens is 276 g/mol. The van der Waals surface area contributed by atoms with Crippen LogP contribution in [-0.4, -0.2) is 5.78 Å². The zero-order valence-electron chi connectivity index (χ0n) is 11.7. The maximum Gasteiger partial charge on any atom is 0.204 e. The largest absolute Gasteiger partial charge is 0.456 e. The van der Waals surface area contributed by atoms with E-state index in [2.05, 4.69) is 0 Å². The van der Waals surface area contributed by atoms with E-state index in [0.29, 0.717) is 16.7 Å². The Balaban J connectivity index is 1.94. The Bertz CT molecular complexity index is 965. The molecule has 1 aliphatic rings. The van der Waals surface area contributed by atoms with Crippen LogP contribution in [-0.2, 0) is 0 Å². The van der Waals surface area contributed by atoms with E-state index in [1.165, 1.54) is 0 Å². The second-order valence-corrected chi connectivity index (χ2v) is 5.28. The lowest BCUT2D eigenvalue weighted by atomic mass is 9.86. The Morgan fingerprint density at radius 1 is 0.864 bits per heavy atom. The summed E-state index contributed by atoms with van der Waals surface area (Å²) in [6.07, 6.45) is 3.51. The Kier molecular flexibility index (Phi) is 2.79. The van der Waals surface area contributed by atoms with Crippen LogP contribution in [0.15, 0.2) is 69.9 Å². The van der Waals surface area contributed by atoms with E-state index in [1.807, 2.05) is 30.3 Å². The van der Waals surface area contributed by atoms with Crippen LogP contribution in [0.2, 0.25) is 0 Å². The molecule has 4 rings (SSSR count). The predicted octanol–water partition coefficient (Wildman–Crippen LogP) is 3.79. The smallest absolute Gasteiger partial charge is 0.204 e. The Hall–Kier alpha value is -2.94. The van der Waals surface area contributed by atoms with Gasteiger partial charge >= 0.3 is 0 Å². The number of para-hydroxylation sites is 1. The van der Waals surface area contributed by atoms with E-state index < -0.39 is 5.92 Å². The number of carbonyl (C=O) groups excluding carboxylic acids is 1. The van der Waals surface area contributed by atoms with Crippen LogP contribution >= 0.6 is 0 Å². The van der Waals surface area contributed by atoms with Gasteiger partial charge in [0, 0.05) is 0 Å². The molecule has 22 heavy (non-hydrogen) atoms. The van der Waals surface area contributed by atoms with Gasteiger partial charge in [-0.2, -0.15) is 0 Å². The van der Waals surface area contributed by atoms with E-state index in [0.717, 1.165) is 5.56 Å². The zero-order chi connectivity index (χ0) is 15.1. The number of fused-ring (bicyclic) bond motifs is 2. The minimum atomic E-state index is -0.433. The first-order chi connectivity index (χ1) is 10.8. The molecule has 0 aliphatic heterocycles. The molecule has 3 nitrogen and oxygen atoms in total. The van der Waals surface area contributed by atoms with Crippen LogP contribution in [0.3, 0.4) is 0 Å². The van der Waals surface area contributed by atoms with E-state index in [4.69, 9.17) is 4.42 Å². The SMILES string of the molecule is O=C1c2c(oc3ccccc3c2=O)C=CC1c1ccccc1. The molecule has 0 bridgehead atoms. The van der Waals surface area contributed by atoms with Crippen molar-refractivity contribution in [2.75, 3.05) is 0 Å². The summed E-state index contributed by atoms with van der Waals surface area (Å²) in [5.74, 6) is -0.290. The lowest BCUT2D eigenvalue weighted by molar-refractivity contribution is 0.0971. The quantitative estimate of drug-likeness (QED) is 0.684. The van der Waals surface area contributed by atoms with Crippen molar-refractivity contribution in [1.82, 2.24) is 0 Å². The van der Waals surface area contributed by atoms with Gasteiger partial charge in [-0.1, -0.05) is 48.5 Å². The van der Waals surface area contributed by atoms with Gasteiger partial charge in [0.1, 0.15) is 16.9 Å². The van der Waals surface area contributed by atoms with Crippen LogP contribution < -0.4 is 5.43 Å². The van der Waals surface area contributed by atoms with Gasteiger partial charge in [-0.25, -0.2) is 0 Å². The molecule has 1 aromatic heterocycles. The topological polar surface area (TPSA) is 47.3 Å². The van der Waals surface area contributed by atoms with Crippen LogP contribution in [0, 0.1) is 0 Å². The highest BCUT2D eigenvalue weighted by molar-refractivity contribution is 6.08. The second-order valence-electron chi connectivity index (χ2n) is 5.28. The molecule has 1 heterocycles. The monoisotopic (exact) mass is 288 g/mol. The molecule has 0 fully saturated rings. The Morgan fingerprint density at radius 3 is 2.41 bits per heavy atom. The highest BCUT2D eigenvalue weighted by Crippen LogP contribution is 2.30. The molecule has 3 heteroatoms. The van der Waals surface area contributed by atoms with Gasteiger partial charge in [0.05, 0.1) is 11.3 Å². The average Bonchev–Trinajstić information content (AvgIpc) is 2.56. The minimum Gasteiger partial charge on any atom is -0.456 e. The standard InChI is InChI=1S/C19H12O3/c20-18-13(12-6-2-1-3-7-12)10-11-16-17(18)19(21)14-8-4-5-9-15(14)22-16/h1-11,13H. The summed E-state index contributed by atoms with van der Waals surface area (Å²) in [7, 11) is 0. The van der Waals surface area contributed by atoms with Gasteiger partial charge in [0.2, 0.25) is 5.43 Å². The first-order valence-corrected chi connectivity index (χ1v) is 7.09.